The normalized spacial score (nSPS) is 11.0. The van der Waals surface area contributed by atoms with Gasteiger partial charge in [-0.25, -0.2) is 4.98 Å². The largest absolute Gasteiger partial charge is 0.319 e. The Morgan fingerprint density at radius 3 is 2.92 bits per heavy atom. The molecule has 0 bridgehead atoms. The molecule has 3 aromatic heterocycles. The van der Waals surface area contributed by atoms with Crippen molar-refractivity contribution in [1.29, 1.82) is 0 Å². The van der Waals surface area contributed by atoms with Crippen LogP contribution in [-0.4, -0.2) is 25.1 Å². The van der Waals surface area contributed by atoms with Gasteiger partial charge in [-0.2, -0.15) is 5.10 Å². The maximum absolute atomic E-state index is 12.4. The Morgan fingerprint density at radius 2 is 2.12 bits per heavy atom. The molecule has 0 aliphatic carbocycles. The summed E-state index contributed by atoms with van der Waals surface area (Å²) in [5, 5.41) is 7.76. The summed E-state index contributed by atoms with van der Waals surface area (Å²) >= 11 is 8.09. The van der Waals surface area contributed by atoms with Crippen LogP contribution >= 0.6 is 34.2 Å². The van der Waals surface area contributed by atoms with E-state index in [9.17, 15) is 4.79 Å². The Balaban J connectivity index is 1.47. The van der Waals surface area contributed by atoms with E-state index in [1.807, 2.05) is 35.0 Å². The molecule has 3 heterocycles. The minimum Gasteiger partial charge on any atom is -0.319 e. The molecule has 130 valence electrons. The van der Waals surface area contributed by atoms with Gasteiger partial charge in [-0.1, -0.05) is 17.7 Å². The van der Waals surface area contributed by atoms with E-state index >= 15 is 0 Å². The second-order valence-corrected chi connectivity index (χ2v) is 7.28. The van der Waals surface area contributed by atoms with Crippen LogP contribution in [0.1, 0.15) is 16.1 Å². The van der Waals surface area contributed by atoms with Crippen molar-refractivity contribution in [1.82, 2.24) is 19.2 Å². The van der Waals surface area contributed by atoms with Gasteiger partial charge in [-0.15, -0.1) is 0 Å². The number of hydrogen-bond donors (Lipinski definition) is 1. The fourth-order valence-electron chi connectivity index (χ4n) is 2.58. The quantitative estimate of drug-likeness (QED) is 0.450. The molecule has 0 radical (unpaired) electrons. The minimum absolute atomic E-state index is 0.202. The summed E-state index contributed by atoms with van der Waals surface area (Å²) < 4.78 is 4.53. The fraction of sp³-hybridized carbons (Fsp3) is 0.0556. The van der Waals surface area contributed by atoms with Gasteiger partial charge in [0.2, 0.25) is 0 Å². The number of pyridine rings is 1. The number of benzene rings is 1. The summed E-state index contributed by atoms with van der Waals surface area (Å²) in [4.78, 5) is 16.9. The number of aromatic nitrogens is 4. The highest BCUT2D eigenvalue weighted by atomic mass is 127. The first kappa shape index (κ1) is 17.0. The molecular formula is C18H13ClIN5O. The highest BCUT2D eigenvalue weighted by molar-refractivity contribution is 14.1. The zero-order valence-corrected chi connectivity index (χ0v) is 16.3. The molecular weight excluding hydrogens is 465 g/mol. The third kappa shape index (κ3) is 3.58. The maximum atomic E-state index is 12.4. The minimum atomic E-state index is -0.202. The standard InChI is InChI=1S/C18H13ClIN5O/c19-15-5-4-12(7-16(15)20)18(26)23-13-8-21-25(10-13)11-14-9-24-6-2-1-3-17(24)22-14/h1-10H,11H2,(H,23,26). The SMILES string of the molecule is O=C(Nc1cnn(Cc2cn3ccccc3n2)c1)c1ccc(Cl)c(I)c1. The van der Waals surface area contributed by atoms with Gasteiger partial charge >= 0.3 is 0 Å². The molecule has 6 nitrogen and oxygen atoms in total. The molecule has 0 aliphatic rings. The van der Waals surface area contributed by atoms with Crippen LogP contribution in [0.4, 0.5) is 5.69 Å². The molecule has 4 rings (SSSR count). The van der Waals surface area contributed by atoms with E-state index in [1.165, 1.54) is 0 Å². The van der Waals surface area contributed by atoms with Crippen LogP contribution in [0, 0.1) is 3.57 Å². The lowest BCUT2D eigenvalue weighted by atomic mass is 10.2. The monoisotopic (exact) mass is 477 g/mol. The molecule has 1 amide bonds. The summed E-state index contributed by atoms with van der Waals surface area (Å²) in [6, 6.07) is 11.0. The molecule has 0 spiro atoms. The fourth-order valence-corrected chi connectivity index (χ4v) is 3.22. The van der Waals surface area contributed by atoms with Crippen LogP contribution < -0.4 is 5.32 Å². The number of imidazole rings is 1. The predicted molar refractivity (Wildman–Crippen MR) is 109 cm³/mol. The number of amides is 1. The van der Waals surface area contributed by atoms with Crippen molar-refractivity contribution >= 4 is 51.4 Å². The lowest BCUT2D eigenvalue weighted by Crippen LogP contribution is -2.11. The first-order chi connectivity index (χ1) is 12.6. The van der Waals surface area contributed by atoms with E-state index in [2.05, 4.69) is 38.0 Å². The average molecular weight is 478 g/mol. The van der Waals surface area contributed by atoms with Gasteiger partial charge in [0, 0.05) is 27.7 Å². The van der Waals surface area contributed by atoms with Crippen molar-refractivity contribution in [2.45, 2.75) is 6.54 Å². The van der Waals surface area contributed by atoms with E-state index in [-0.39, 0.29) is 5.91 Å². The number of anilines is 1. The summed E-state index contributed by atoms with van der Waals surface area (Å²) in [5.74, 6) is -0.202. The van der Waals surface area contributed by atoms with E-state index < -0.39 is 0 Å². The maximum Gasteiger partial charge on any atom is 0.255 e. The van der Waals surface area contributed by atoms with Gasteiger partial charge in [0.1, 0.15) is 5.65 Å². The first-order valence-electron chi connectivity index (χ1n) is 7.80. The average Bonchev–Trinajstić information content (AvgIpc) is 3.23. The Hall–Kier alpha value is -2.39. The molecule has 0 fully saturated rings. The van der Waals surface area contributed by atoms with Crippen molar-refractivity contribution < 1.29 is 4.79 Å². The Bertz CT molecular complexity index is 1070. The van der Waals surface area contributed by atoms with E-state index in [0.29, 0.717) is 22.8 Å². The van der Waals surface area contributed by atoms with Gasteiger partial charge in [0.25, 0.3) is 5.91 Å². The molecule has 1 N–H and O–H groups in total. The van der Waals surface area contributed by atoms with Crippen molar-refractivity contribution in [3.63, 3.8) is 0 Å². The van der Waals surface area contributed by atoms with E-state index in [1.54, 1.807) is 35.3 Å². The summed E-state index contributed by atoms with van der Waals surface area (Å²) in [7, 11) is 0. The number of hydrogen-bond acceptors (Lipinski definition) is 3. The number of carbonyl (C=O) groups is 1. The molecule has 0 aliphatic heterocycles. The van der Waals surface area contributed by atoms with Crippen molar-refractivity contribution in [2.24, 2.45) is 0 Å². The molecule has 0 saturated heterocycles. The molecule has 0 unspecified atom stereocenters. The van der Waals surface area contributed by atoms with Gasteiger partial charge in [-0.3, -0.25) is 9.48 Å². The highest BCUT2D eigenvalue weighted by Crippen LogP contribution is 2.20. The Morgan fingerprint density at radius 1 is 1.23 bits per heavy atom. The van der Waals surface area contributed by atoms with Gasteiger partial charge in [0.05, 0.1) is 29.1 Å². The van der Waals surface area contributed by atoms with Crippen LogP contribution in [-0.2, 0) is 6.54 Å². The van der Waals surface area contributed by atoms with Crippen LogP contribution in [0.3, 0.4) is 0 Å². The third-order valence-corrected chi connectivity index (χ3v) is 5.35. The molecule has 26 heavy (non-hydrogen) atoms. The molecule has 0 saturated carbocycles. The second kappa shape index (κ2) is 7.08. The van der Waals surface area contributed by atoms with Gasteiger partial charge in [0.15, 0.2) is 0 Å². The third-order valence-electron chi connectivity index (χ3n) is 3.81. The molecule has 8 heteroatoms. The number of nitrogens with zero attached hydrogens (tertiary/aromatic N) is 4. The smallest absolute Gasteiger partial charge is 0.255 e. The predicted octanol–water partition coefficient (Wildman–Crippen LogP) is 4.09. The first-order valence-corrected chi connectivity index (χ1v) is 9.25. The molecule has 0 atom stereocenters. The second-order valence-electron chi connectivity index (χ2n) is 5.71. The summed E-state index contributed by atoms with van der Waals surface area (Å²) in [6.45, 7) is 0.524. The molecule has 4 aromatic rings. The number of fused-ring (bicyclic) bond motifs is 1. The summed E-state index contributed by atoms with van der Waals surface area (Å²) in [6.07, 6.45) is 7.32. The lowest BCUT2D eigenvalue weighted by Gasteiger charge is -2.04. The zero-order valence-electron chi connectivity index (χ0n) is 13.4. The number of rotatable bonds is 4. The van der Waals surface area contributed by atoms with Crippen molar-refractivity contribution in [3.05, 3.63) is 81.0 Å². The van der Waals surface area contributed by atoms with Crippen LogP contribution in [0.5, 0.6) is 0 Å². The van der Waals surface area contributed by atoms with Gasteiger partial charge in [-0.05, 0) is 52.9 Å². The van der Waals surface area contributed by atoms with E-state index in [4.69, 9.17) is 11.6 Å². The van der Waals surface area contributed by atoms with Crippen LogP contribution in [0.15, 0.2) is 61.2 Å². The Kier molecular flexibility index (Phi) is 4.64. The molecule has 1 aromatic carbocycles. The van der Waals surface area contributed by atoms with Crippen LogP contribution in [0.2, 0.25) is 5.02 Å². The van der Waals surface area contributed by atoms with Crippen LogP contribution in [0.25, 0.3) is 5.65 Å². The van der Waals surface area contributed by atoms with Gasteiger partial charge < -0.3 is 9.72 Å². The topological polar surface area (TPSA) is 64.2 Å². The van der Waals surface area contributed by atoms with E-state index in [0.717, 1.165) is 14.9 Å². The van der Waals surface area contributed by atoms with Crippen molar-refractivity contribution in [3.8, 4) is 0 Å². The zero-order chi connectivity index (χ0) is 18.1. The number of carbonyl (C=O) groups excluding carboxylic acids is 1. The number of halogens is 2. The highest BCUT2D eigenvalue weighted by Gasteiger charge is 2.10. The summed E-state index contributed by atoms with van der Waals surface area (Å²) in [5.41, 5.74) is 2.96. The van der Waals surface area contributed by atoms with Crippen molar-refractivity contribution in [2.75, 3.05) is 5.32 Å². The lowest BCUT2D eigenvalue weighted by molar-refractivity contribution is 0.102. The number of nitrogens with one attached hydrogen (secondary N) is 1. The Labute approximate surface area is 167 Å².